The van der Waals surface area contributed by atoms with Crippen molar-refractivity contribution in [2.75, 3.05) is 11.4 Å². The van der Waals surface area contributed by atoms with Gasteiger partial charge in [0.05, 0.1) is 6.04 Å². The molecule has 0 bridgehead atoms. The quantitative estimate of drug-likeness (QED) is 0.251. The number of nitrogens with zero attached hydrogens (tertiary/aromatic N) is 1. The van der Waals surface area contributed by atoms with E-state index in [1.165, 1.54) is 12.1 Å². The summed E-state index contributed by atoms with van der Waals surface area (Å²) in [5.74, 6) is -0.424. The van der Waals surface area contributed by atoms with Gasteiger partial charge in [-0.2, -0.15) is 0 Å². The Morgan fingerprint density at radius 2 is 1.74 bits per heavy atom. The van der Waals surface area contributed by atoms with Crippen LogP contribution in [0.15, 0.2) is 84.9 Å². The minimum atomic E-state index is -1.52. The van der Waals surface area contributed by atoms with Crippen LogP contribution in [0.5, 0.6) is 0 Å². The molecule has 1 heterocycles. The molecule has 1 amide bonds. The summed E-state index contributed by atoms with van der Waals surface area (Å²) < 4.78 is 13.5. The van der Waals surface area contributed by atoms with Crippen LogP contribution in [0.25, 0.3) is 11.1 Å². The van der Waals surface area contributed by atoms with Gasteiger partial charge in [0.15, 0.2) is 6.29 Å². The normalized spacial score (nSPS) is 13.7. The van der Waals surface area contributed by atoms with Gasteiger partial charge >= 0.3 is 0 Å². The second kappa shape index (κ2) is 11.4. The SMILES string of the molecule is Cc1cc(F)ccc1[C@H](C)NC(=O)c1ccc2c(c1)CCCN2Cc1ccc(-c2ccccc2C(O)O)cc1. The summed E-state index contributed by atoms with van der Waals surface area (Å²) in [6.45, 7) is 5.43. The van der Waals surface area contributed by atoms with Crippen LogP contribution in [0.2, 0.25) is 0 Å². The molecule has 39 heavy (non-hydrogen) atoms. The fourth-order valence-corrected chi connectivity index (χ4v) is 5.46. The van der Waals surface area contributed by atoms with Gasteiger partial charge in [-0.25, -0.2) is 4.39 Å². The summed E-state index contributed by atoms with van der Waals surface area (Å²) >= 11 is 0. The van der Waals surface area contributed by atoms with Gasteiger partial charge in [0.1, 0.15) is 5.82 Å². The maximum Gasteiger partial charge on any atom is 0.251 e. The van der Waals surface area contributed by atoms with Gasteiger partial charge in [0, 0.05) is 29.9 Å². The Morgan fingerprint density at radius 3 is 2.49 bits per heavy atom. The van der Waals surface area contributed by atoms with Gasteiger partial charge in [-0.05, 0) is 90.4 Å². The number of aliphatic hydroxyl groups is 2. The van der Waals surface area contributed by atoms with Crippen molar-refractivity contribution in [2.24, 2.45) is 0 Å². The molecule has 0 fully saturated rings. The highest BCUT2D eigenvalue weighted by Crippen LogP contribution is 2.31. The molecule has 1 aliphatic rings. The molecule has 0 spiro atoms. The molecule has 1 aliphatic heterocycles. The van der Waals surface area contributed by atoms with Gasteiger partial charge in [0.25, 0.3) is 5.91 Å². The molecular weight excluding hydrogens is 491 g/mol. The minimum Gasteiger partial charge on any atom is -0.367 e. The fourth-order valence-electron chi connectivity index (χ4n) is 5.46. The standard InChI is InChI=1S/C33H33FN2O3/c1-21-18-27(34)14-15-28(21)22(2)35-32(37)26-13-16-31-25(19-26)6-5-17-36(31)20-23-9-11-24(12-10-23)29-7-3-4-8-30(29)33(38)39/h3-4,7-16,18-19,22,33,38-39H,5-6,17,20H2,1-2H3,(H,35,37)/t22-/m0/s1. The number of hydrogen-bond donors (Lipinski definition) is 3. The Hall–Kier alpha value is -4.00. The third kappa shape index (κ3) is 5.87. The third-order valence-electron chi connectivity index (χ3n) is 7.48. The number of aliphatic hydroxyl groups excluding tert-OH is 1. The molecule has 3 N–H and O–H groups in total. The molecule has 0 saturated carbocycles. The predicted octanol–water partition coefficient (Wildman–Crippen LogP) is 6.23. The molecule has 0 unspecified atom stereocenters. The molecule has 5 nitrogen and oxygen atoms in total. The highest BCUT2D eigenvalue weighted by atomic mass is 19.1. The van der Waals surface area contributed by atoms with E-state index >= 15 is 0 Å². The topological polar surface area (TPSA) is 72.8 Å². The van der Waals surface area contributed by atoms with E-state index in [0.29, 0.717) is 11.1 Å². The first kappa shape index (κ1) is 26.6. The molecule has 6 heteroatoms. The van der Waals surface area contributed by atoms with Gasteiger partial charge in [-0.15, -0.1) is 0 Å². The van der Waals surface area contributed by atoms with Gasteiger partial charge < -0.3 is 20.4 Å². The van der Waals surface area contributed by atoms with Crippen molar-refractivity contribution in [3.8, 4) is 11.1 Å². The van der Waals surface area contributed by atoms with Crippen LogP contribution in [0.4, 0.5) is 10.1 Å². The van der Waals surface area contributed by atoms with Crippen LogP contribution in [-0.4, -0.2) is 22.7 Å². The molecule has 4 aromatic rings. The first-order chi connectivity index (χ1) is 18.8. The van der Waals surface area contributed by atoms with Crippen LogP contribution in [-0.2, 0) is 13.0 Å². The maximum atomic E-state index is 13.5. The molecule has 4 aromatic carbocycles. The maximum absolute atomic E-state index is 13.5. The third-order valence-corrected chi connectivity index (χ3v) is 7.48. The largest absolute Gasteiger partial charge is 0.367 e. The summed E-state index contributed by atoms with van der Waals surface area (Å²) in [6, 6.07) is 25.7. The Labute approximate surface area is 228 Å². The number of aryl methyl sites for hydroxylation is 2. The van der Waals surface area contributed by atoms with E-state index in [2.05, 4.69) is 22.3 Å². The average molecular weight is 525 g/mol. The van der Waals surface area contributed by atoms with E-state index in [1.54, 1.807) is 18.2 Å². The molecular formula is C33H33FN2O3. The van der Waals surface area contributed by atoms with Crippen molar-refractivity contribution in [3.63, 3.8) is 0 Å². The number of amides is 1. The lowest BCUT2D eigenvalue weighted by molar-refractivity contribution is -0.0420. The molecule has 200 valence electrons. The highest BCUT2D eigenvalue weighted by molar-refractivity contribution is 5.95. The second-order valence-electron chi connectivity index (χ2n) is 10.2. The summed E-state index contributed by atoms with van der Waals surface area (Å²) in [5, 5.41) is 22.5. The van der Waals surface area contributed by atoms with Gasteiger partial charge in [0.2, 0.25) is 0 Å². The van der Waals surface area contributed by atoms with Crippen LogP contribution in [0.1, 0.15) is 63.9 Å². The number of carbonyl (C=O) groups is 1. The number of rotatable bonds is 7. The molecule has 5 rings (SSSR count). The van der Waals surface area contributed by atoms with Crippen molar-refractivity contribution in [3.05, 3.63) is 124 Å². The van der Waals surface area contributed by atoms with Crippen LogP contribution < -0.4 is 10.2 Å². The van der Waals surface area contributed by atoms with E-state index in [0.717, 1.165) is 65.0 Å². The summed E-state index contributed by atoms with van der Waals surface area (Å²) in [4.78, 5) is 15.4. The zero-order valence-corrected chi connectivity index (χ0v) is 22.2. The van der Waals surface area contributed by atoms with Gasteiger partial charge in [-0.1, -0.05) is 54.6 Å². The first-order valence-electron chi connectivity index (χ1n) is 13.3. The van der Waals surface area contributed by atoms with Crippen molar-refractivity contribution in [1.29, 1.82) is 0 Å². The smallest absolute Gasteiger partial charge is 0.251 e. The molecule has 0 saturated heterocycles. The number of nitrogens with one attached hydrogen (secondary N) is 1. The molecule has 0 aliphatic carbocycles. The molecule has 1 atom stereocenters. The zero-order chi connectivity index (χ0) is 27.5. The number of fused-ring (bicyclic) bond motifs is 1. The van der Waals surface area contributed by atoms with E-state index < -0.39 is 6.29 Å². The van der Waals surface area contributed by atoms with E-state index in [-0.39, 0.29) is 17.8 Å². The van der Waals surface area contributed by atoms with E-state index in [9.17, 15) is 19.4 Å². The van der Waals surface area contributed by atoms with E-state index in [4.69, 9.17) is 0 Å². The fraction of sp³-hybridized carbons (Fsp3) is 0.242. The number of hydrogen-bond acceptors (Lipinski definition) is 4. The Balaban J connectivity index is 1.29. The number of halogens is 1. The Kier molecular flexibility index (Phi) is 7.77. The summed E-state index contributed by atoms with van der Waals surface area (Å²) in [7, 11) is 0. The van der Waals surface area contributed by atoms with Gasteiger partial charge in [-0.3, -0.25) is 4.79 Å². The zero-order valence-electron chi connectivity index (χ0n) is 22.2. The first-order valence-corrected chi connectivity index (χ1v) is 13.3. The Bertz CT molecular complexity index is 1480. The molecule has 0 aromatic heterocycles. The lowest BCUT2D eigenvalue weighted by Crippen LogP contribution is -2.30. The summed E-state index contributed by atoms with van der Waals surface area (Å²) in [5.41, 5.74) is 8.00. The number of carbonyl (C=O) groups excluding carboxylic acids is 1. The van der Waals surface area contributed by atoms with Crippen LogP contribution in [0.3, 0.4) is 0 Å². The predicted molar refractivity (Wildman–Crippen MR) is 152 cm³/mol. The average Bonchev–Trinajstić information content (AvgIpc) is 2.93. The monoisotopic (exact) mass is 524 g/mol. The lowest BCUT2D eigenvalue weighted by atomic mass is 9.96. The van der Waals surface area contributed by atoms with Crippen molar-refractivity contribution >= 4 is 11.6 Å². The second-order valence-corrected chi connectivity index (χ2v) is 10.2. The van der Waals surface area contributed by atoms with Crippen molar-refractivity contribution in [2.45, 2.75) is 45.6 Å². The van der Waals surface area contributed by atoms with Crippen LogP contribution >= 0.6 is 0 Å². The Morgan fingerprint density at radius 1 is 0.974 bits per heavy atom. The van der Waals surface area contributed by atoms with Crippen LogP contribution in [0, 0.1) is 12.7 Å². The highest BCUT2D eigenvalue weighted by Gasteiger charge is 2.20. The number of anilines is 1. The number of benzene rings is 4. The lowest BCUT2D eigenvalue weighted by Gasteiger charge is -2.32. The minimum absolute atomic E-state index is 0.144. The van der Waals surface area contributed by atoms with E-state index in [1.807, 2.05) is 56.3 Å². The summed E-state index contributed by atoms with van der Waals surface area (Å²) in [6.07, 6.45) is 0.398. The van der Waals surface area contributed by atoms with Crippen molar-refractivity contribution < 1.29 is 19.4 Å². The van der Waals surface area contributed by atoms with Crippen molar-refractivity contribution in [1.82, 2.24) is 5.32 Å². The molecule has 0 radical (unpaired) electrons.